The highest BCUT2D eigenvalue weighted by molar-refractivity contribution is 6.02. The van der Waals surface area contributed by atoms with Gasteiger partial charge in [0.05, 0.1) is 17.5 Å². The van der Waals surface area contributed by atoms with Gasteiger partial charge in [0.15, 0.2) is 0 Å². The molecule has 2 aromatic heterocycles. The van der Waals surface area contributed by atoms with Crippen LogP contribution in [0.25, 0.3) is 11.0 Å². The molecule has 0 unspecified atom stereocenters. The highest BCUT2D eigenvalue weighted by Crippen LogP contribution is 2.30. The van der Waals surface area contributed by atoms with Gasteiger partial charge < -0.3 is 15.6 Å². The Bertz CT molecular complexity index is 826. The Morgan fingerprint density at radius 2 is 2.00 bits per heavy atom. The fourth-order valence-corrected chi connectivity index (χ4v) is 3.23. The van der Waals surface area contributed by atoms with Crippen LogP contribution in [0.5, 0.6) is 0 Å². The molecule has 3 N–H and O–H groups in total. The number of carbonyl (C=O) groups is 1. The number of piperidine rings is 1. The number of anilines is 1. The summed E-state index contributed by atoms with van der Waals surface area (Å²) in [7, 11) is 0. The van der Waals surface area contributed by atoms with Crippen LogP contribution in [-0.4, -0.2) is 38.7 Å². The summed E-state index contributed by atoms with van der Waals surface area (Å²) >= 11 is 0. The molecule has 0 radical (unpaired) electrons. The van der Waals surface area contributed by atoms with E-state index >= 15 is 0 Å². The van der Waals surface area contributed by atoms with Crippen LogP contribution in [0, 0.1) is 0 Å². The highest BCUT2D eigenvalue weighted by Gasteiger charge is 2.42. The van der Waals surface area contributed by atoms with Crippen LogP contribution < -0.4 is 10.6 Å². The molecule has 4 rings (SSSR count). The summed E-state index contributed by atoms with van der Waals surface area (Å²) in [5.41, 5.74) is 1.73. The number of rotatable bonds is 3. The fraction of sp³-hybridized carbons (Fsp3) is 0.312. The Labute approximate surface area is 157 Å². The summed E-state index contributed by atoms with van der Waals surface area (Å²) in [5.74, 6) is -0.0433. The molecule has 134 valence electrons. The van der Waals surface area contributed by atoms with Crippen molar-refractivity contribution in [3.8, 4) is 0 Å². The lowest BCUT2D eigenvalue weighted by Gasteiger charge is -2.36. The van der Waals surface area contributed by atoms with Gasteiger partial charge >= 0.3 is 0 Å². The van der Waals surface area contributed by atoms with Crippen molar-refractivity contribution in [1.29, 1.82) is 0 Å². The number of fused-ring (bicyclic) bond motifs is 1. The normalized spacial score (nSPS) is 15.8. The first kappa shape index (κ1) is 19.2. The molecule has 0 spiro atoms. The number of imidazole rings is 1. The van der Waals surface area contributed by atoms with Crippen LogP contribution in [0.4, 0.5) is 5.69 Å². The Hall–Kier alpha value is -2.09. The van der Waals surface area contributed by atoms with Crippen molar-refractivity contribution in [3.05, 3.63) is 43.0 Å². The molecular formula is C16H20Cl2N6O. The molecule has 0 aliphatic carbocycles. The van der Waals surface area contributed by atoms with E-state index in [1.165, 1.54) is 0 Å². The van der Waals surface area contributed by atoms with E-state index in [1.807, 2.05) is 30.5 Å². The minimum atomic E-state index is -0.660. The van der Waals surface area contributed by atoms with Crippen molar-refractivity contribution in [2.24, 2.45) is 0 Å². The number of amides is 1. The lowest BCUT2D eigenvalue weighted by molar-refractivity contribution is -0.126. The smallest absolute Gasteiger partial charge is 0.252 e. The zero-order valence-corrected chi connectivity index (χ0v) is 15.1. The first-order valence-electron chi connectivity index (χ1n) is 7.74. The summed E-state index contributed by atoms with van der Waals surface area (Å²) in [6, 6.07) is 7.56. The molecule has 0 atom stereocenters. The second kappa shape index (κ2) is 7.86. The number of H-pyrrole nitrogens is 1. The third-order valence-electron chi connectivity index (χ3n) is 4.49. The number of hydrogen-bond acceptors (Lipinski definition) is 4. The third-order valence-corrected chi connectivity index (χ3v) is 4.49. The molecule has 1 aromatic carbocycles. The van der Waals surface area contributed by atoms with Gasteiger partial charge in [-0.05, 0) is 44.1 Å². The van der Waals surface area contributed by atoms with Gasteiger partial charge in [0, 0.05) is 12.4 Å². The minimum Gasteiger partial charge on any atom is -0.345 e. The van der Waals surface area contributed by atoms with Crippen molar-refractivity contribution in [2.75, 3.05) is 18.4 Å². The summed E-state index contributed by atoms with van der Waals surface area (Å²) in [6.45, 7) is 1.58. The number of carbonyl (C=O) groups excluding carboxylic acids is 1. The standard InChI is InChI=1S/C16H18N6O.2ClH/c23-15(21-13-4-1-3-12-14(13)19-11-18-12)16(5-8-17-9-6-16)22-10-2-7-20-22;;/h1-4,7,10-11,17H,5-6,8-9H2,(H,18,19)(H,21,23);2*1H. The first-order valence-corrected chi connectivity index (χ1v) is 7.74. The Morgan fingerprint density at radius 3 is 2.72 bits per heavy atom. The average Bonchev–Trinajstić information content (AvgIpc) is 3.27. The lowest BCUT2D eigenvalue weighted by atomic mass is 9.87. The number of benzene rings is 1. The van der Waals surface area contributed by atoms with E-state index in [1.54, 1.807) is 17.2 Å². The van der Waals surface area contributed by atoms with E-state index in [-0.39, 0.29) is 30.7 Å². The number of aromatic nitrogens is 4. The van der Waals surface area contributed by atoms with Crippen LogP contribution in [0.1, 0.15) is 12.8 Å². The van der Waals surface area contributed by atoms with E-state index < -0.39 is 5.54 Å². The number of aromatic amines is 1. The summed E-state index contributed by atoms with van der Waals surface area (Å²) < 4.78 is 1.79. The van der Waals surface area contributed by atoms with Gasteiger partial charge in [-0.15, -0.1) is 24.8 Å². The number of hydrogen-bond donors (Lipinski definition) is 3. The molecule has 0 bridgehead atoms. The van der Waals surface area contributed by atoms with Crippen LogP contribution in [-0.2, 0) is 10.3 Å². The lowest BCUT2D eigenvalue weighted by Crippen LogP contribution is -2.52. The number of para-hydroxylation sites is 1. The number of nitrogens with one attached hydrogen (secondary N) is 3. The zero-order valence-electron chi connectivity index (χ0n) is 13.4. The van der Waals surface area contributed by atoms with Gasteiger partial charge in [-0.2, -0.15) is 5.10 Å². The molecule has 3 heterocycles. The Balaban J connectivity index is 0.00000113. The van der Waals surface area contributed by atoms with Crippen molar-refractivity contribution in [3.63, 3.8) is 0 Å². The monoisotopic (exact) mass is 382 g/mol. The van der Waals surface area contributed by atoms with Crippen LogP contribution in [0.15, 0.2) is 43.0 Å². The molecule has 1 fully saturated rings. The molecule has 3 aromatic rings. The third kappa shape index (κ3) is 3.35. The van der Waals surface area contributed by atoms with E-state index in [0.717, 1.165) is 29.8 Å². The SMILES string of the molecule is Cl.Cl.O=C(Nc1cccc2[nH]cnc12)C1(n2cccn2)CCNCC1. The van der Waals surface area contributed by atoms with Crippen molar-refractivity contribution >= 4 is 47.4 Å². The molecule has 1 aliphatic heterocycles. The van der Waals surface area contributed by atoms with Gasteiger partial charge in [0.2, 0.25) is 0 Å². The highest BCUT2D eigenvalue weighted by atomic mass is 35.5. The van der Waals surface area contributed by atoms with Crippen LogP contribution >= 0.6 is 24.8 Å². The molecular weight excluding hydrogens is 363 g/mol. The van der Waals surface area contributed by atoms with Gasteiger partial charge in [0.1, 0.15) is 11.1 Å². The van der Waals surface area contributed by atoms with Crippen molar-refractivity contribution in [2.45, 2.75) is 18.4 Å². The second-order valence-corrected chi connectivity index (χ2v) is 5.79. The predicted octanol–water partition coefficient (Wildman–Crippen LogP) is 2.32. The average molecular weight is 383 g/mol. The van der Waals surface area contributed by atoms with Gasteiger partial charge in [-0.25, -0.2) is 4.98 Å². The maximum atomic E-state index is 13.1. The molecule has 25 heavy (non-hydrogen) atoms. The number of halogens is 2. The van der Waals surface area contributed by atoms with Crippen molar-refractivity contribution in [1.82, 2.24) is 25.1 Å². The fourth-order valence-electron chi connectivity index (χ4n) is 3.23. The van der Waals surface area contributed by atoms with E-state index in [2.05, 4.69) is 25.7 Å². The molecule has 9 heteroatoms. The molecule has 1 amide bonds. The first-order chi connectivity index (χ1) is 11.3. The Kier molecular flexibility index (Phi) is 6.05. The van der Waals surface area contributed by atoms with E-state index in [4.69, 9.17) is 0 Å². The van der Waals surface area contributed by atoms with E-state index in [9.17, 15) is 4.79 Å². The summed E-state index contributed by atoms with van der Waals surface area (Å²) in [6.07, 6.45) is 6.62. The second-order valence-electron chi connectivity index (χ2n) is 5.79. The minimum absolute atomic E-state index is 0. The maximum Gasteiger partial charge on any atom is 0.252 e. The molecule has 7 nitrogen and oxygen atoms in total. The topological polar surface area (TPSA) is 87.6 Å². The zero-order chi connectivity index (χ0) is 15.7. The quantitative estimate of drug-likeness (QED) is 0.648. The molecule has 0 saturated carbocycles. The summed E-state index contributed by atoms with van der Waals surface area (Å²) in [5, 5.41) is 10.7. The van der Waals surface area contributed by atoms with Gasteiger partial charge in [0.25, 0.3) is 5.91 Å². The van der Waals surface area contributed by atoms with Crippen LogP contribution in [0.3, 0.4) is 0 Å². The Morgan fingerprint density at radius 1 is 1.20 bits per heavy atom. The van der Waals surface area contributed by atoms with E-state index in [0.29, 0.717) is 12.8 Å². The molecule has 1 aliphatic rings. The largest absolute Gasteiger partial charge is 0.345 e. The van der Waals surface area contributed by atoms with Gasteiger partial charge in [-0.1, -0.05) is 6.07 Å². The van der Waals surface area contributed by atoms with Crippen molar-refractivity contribution < 1.29 is 4.79 Å². The predicted molar refractivity (Wildman–Crippen MR) is 102 cm³/mol. The number of nitrogens with zero attached hydrogens (tertiary/aromatic N) is 3. The molecule has 1 saturated heterocycles. The summed E-state index contributed by atoms with van der Waals surface area (Å²) in [4.78, 5) is 20.5. The van der Waals surface area contributed by atoms with Crippen LogP contribution in [0.2, 0.25) is 0 Å². The van der Waals surface area contributed by atoms with Gasteiger partial charge in [-0.3, -0.25) is 9.48 Å². The maximum absolute atomic E-state index is 13.1.